The van der Waals surface area contributed by atoms with E-state index in [2.05, 4.69) is 15.1 Å². The third-order valence-electron chi connectivity index (χ3n) is 0.245. The molecular weight excluding hydrogens is 96.1 g/mol. The van der Waals surface area contributed by atoms with Crippen LogP contribution < -0.4 is 0 Å². The molecule has 0 radical (unpaired) electrons. The monoisotopic (exact) mass is 98.0 g/mol. The minimum atomic E-state index is -0.623. The summed E-state index contributed by atoms with van der Waals surface area (Å²) in [5.74, 6) is -0.623. The van der Waals surface area contributed by atoms with Crippen LogP contribution in [-0.2, 0) is 0 Å². The Bertz CT molecular complexity index is 127. The van der Waals surface area contributed by atoms with Crippen molar-refractivity contribution in [1.82, 2.24) is 0 Å². The van der Waals surface area contributed by atoms with Crippen molar-refractivity contribution in [1.29, 1.82) is 10.9 Å². The summed E-state index contributed by atoms with van der Waals surface area (Å²) in [6, 6.07) is 0. The van der Waals surface area contributed by atoms with Gasteiger partial charge in [0.15, 0.2) is 0 Å². The SMILES string of the molecule is [N-]=[N+]=NC(=N)N=N. The summed E-state index contributed by atoms with van der Waals surface area (Å²) in [4.78, 5) is 2.19. The average Bonchev–Trinajstić information content (AvgIpc) is 1.68. The Hall–Kier alpha value is -1.42. The Morgan fingerprint density at radius 2 is 2.29 bits per heavy atom. The molecule has 0 atom stereocenters. The fourth-order valence-corrected chi connectivity index (χ4v) is 0.0647. The molecule has 2 N–H and O–H groups in total. The topological polar surface area (TPSA) is 109 Å². The van der Waals surface area contributed by atoms with Crippen LogP contribution in [0, 0.1) is 10.9 Å². The van der Waals surface area contributed by atoms with Gasteiger partial charge in [-0.25, -0.2) is 5.53 Å². The fraction of sp³-hybridized carbons (Fsp3) is 0. The first-order valence-corrected chi connectivity index (χ1v) is 1.32. The largest absolute Gasteiger partial charge is 0.280 e. The molecule has 0 aliphatic rings. The lowest BCUT2D eigenvalue weighted by Crippen LogP contribution is -1.75. The average molecular weight is 98.1 g/mol. The van der Waals surface area contributed by atoms with E-state index in [1.807, 2.05) is 0 Å². The van der Waals surface area contributed by atoms with Gasteiger partial charge in [-0.15, -0.1) is 5.11 Å². The van der Waals surface area contributed by atoms with Crippen molar-refractivity contribution in [3.63, 3.8) is 0 Å². The molecule has 0 aromatic rings. The second-order valence-corrected chi connectivity index (χ2v) is 0.625. The Morgan fingerprint density at radius 3 is 2.43 bits per heavy atom. The second kappa shape index (κ2) is 2.80. The van der Waals surface area contributed by atoms with E-state index < -0.39 is 5.96 Å². The van der Waals surface area contributed by atoms with Gasteiger partial charge in [0.2, 0.25) is 5.96 Å². The Balaban J connectivity index is 3.82. The lowest BCUT2D eigenvalue weighted by molar-refractivity contribution is 1.14. The maximum Gasteiger partial charge on any atom is 0.230 e. The Kier molecular flexibility index (Phi) is 2.23. The van der Waals surface area contributed by atoms with Crippen molar-refractivity contribution >= 4 is 5.96 Å². The summed E-state index contributed by atoms with van der Waals surface area (Å²) in [7, 11) is 0. The molecule has 0 bridgehead atoms. The summed E-state index contributed by atoms with van der Waals surface area (Å²) < 4.78 is 0. The number of nitrogens with one attached hydrogen (secondary N) is 2. The summed E-state index contributed by atoms with van der Waals surface area (Å²) in [5, 5.41) is 11.5. The van der Waals surface area contributed by atoms with Crippen molar-refractivity contribution in [2.75, 3.05) is 0 Å². The van der Waals surface area contributed by atoms with Gasteiger partial charge in [-0.3, -0.25) is 5.41 Å². The number of hydrogen-bond acceptors (Lipinski definition) is 2. The summed E-state index contributed by atoms with van der Waals surface area (Å²) in [5.41, 5.74) is 13.6. The highest BCUT2D eigenvalue weighted by Gasteiger charge is 1.77. The van der Waals surface area contributed by atoms with Gasteiger partial charge in [0.25, 0.3) is 0 Å². The van der Waals surface area contributed by atoms with E-state index in [0.717, 1.165) is 0 Å². The fourth-order valence-electron chi connectivity index (χ4n) is 0.0647. The van der Waals surface area contributed by atoms with Crippen LogP contribution in [0.4, 0.5) is 0 Å². The molecule has 0 aliphatic carbocycles. The molecule has 0 spiro atoms. The van der Waals surface area contributed by atoms with Gasteiger partial charge in [-0.2, -0.15) is 0 Å². The van der Waals surface area contributed by atoms with Crippen LogP contribution in [0.1, 0.15) is 0 Å². The van der Waals surface area contributed by atoms with Gasteiger partial charge in [-0.05, 0) is 10.6 Å². The summed E-state index contributed by atoms with van der Waals surface area (Å²) >= 11 is 0. The van der Waals surface area contributed by atoms with Crippen LogP contribution in [0.2, 0.25) is 0 Å². The molecule has 0 rings (SSSR count). The minimum absolute atomic E-state index is 0.623. The van der Waals surface area contributed by atoms with Gasteiger partial charge >= 0.3 is 0 Å². The highest BCUT2D eigenvalue weighted by atomic mass is 15.2. The zero-order valence-corrected chi connectivity index (χ0v) is 3.29. The van der Waals surface area contributed by atoms with Crippen LogP contribution in [0.3, 0.4) is 0 Å². The van der Waals surface area contributed by atoms with E-state index in [9.17, 15) is 0 Å². The maximum absolute atomic E-state index is 7.54. The summed E-state index contributed by atoms with van der Waals surface area (Å²) in [6.07, 6.45) is 0. The highest BCUT2D eigenvalue weighted by Crippen LogP contribution is 1.74. The zero-order chi connectivity index (χ0) is 5.70. The molecule has 0 unspecified atom stereocenters. The van der Waals surface area contributed by atoms with Gasteiger partial charge < -0.3 is 0 Å². The first kappa shape index (κ1) is 5.58. The zero-order valence-electron chi connectivity index (χ0n) is 3.29. The molecule has 0 aromatic carbocycles. The number of guanidine groups is 1. The van der Waals surface area contributed by atoms with E-state index in [-0.39, 0.29) is 0 Å². The predicted molar refractivity (Wildman–Crippen MR) is 22.0 cm³/mol. The molecule has 6 heteroatoms. The van der Waals surface area contributed by atoms with Crippen molar-refractivity contribution in [2.45, 2.75) is 0 Å². The first-order chi connectivity index (χ1) is 3.31. The molecule has 0 amide bonds. The van der Waals surface area contributed by atoms with Crippen molar-refractivity contribution in [3.8, 4) is 0 Å². The van der Waals surface area contributed by atoms with E-state index in [4.69, 9.17) is 16.5 Å². The predicted octanol–water partition coefficient (Wildman–Crippen LogP) is 1.26. The Labute approximate surface area is 38.8 Å². The number of azide groups is 1. The molecular formula is CH2N6. The molecule has 0 fully saturated rings. The normalized spacial score (nSPS) is 6.29. The lowest BCUT2D eigenvalue weighted by atomic mass is 11.1. The molecule has 0 aromatic heterocycles. The first-order valence-electron chi connectivity index (χ1n) is 1.32. The van der Waals surface area contributed by atoms with Gasteiger partial charge in [0, 0.05) is 4.91 Å². The number of nitrogens with zero attached hydrogens (tertiary/aromatic N) is 4. The number of rotatable bonds is 0. The molecule has 0 saturated heterocycles. The van der Waals surface area contributed by atoms with Crippen molar-refractivity contribution in [2.24, 2.45) is 10.2 Å². The van der Waals surface area contributed by atoms with Crippen LogP contribution in [0.25, 0.3) is 10.4 Å². The van der Waals surface area contributed by atoms with Crippen molar-refractivity contribution in [3.05, 3.63) is 10.4 Å². The minimum Gasteiger partial charge on any atom is -0.280 e. The van der Waals surface area contributed by atoms with Gasteiger partial charge in [-0.1, -0.05) is 0 Å². The van der Waals surface area contributed by atoms with Crippen molar-refractivity contribution < 1.29 is 0 Å². The van der Waals surface area contributed by atoms with Crippen LogP contribution in [0.5, 0.6) is 0 Å². The molecule has 7 heavy (non-hydrogen) atoms. The lowest BCUT2D eigenvalue weighted by Gasteiger charge is -1.70. The molecule has 6 nitrogen and oxygen atoms in total. The van der Waals surface area contributed by atoms with Gasteiger partial charge in [0.1, 0.15) is 0 Å². The van der Waals surface area contributed by atoms with E-state index in [0.29, 0.717) is 0 Å². The summed E-state index contributed by atoms with van der Waals surface area (Å²) in [6.45, 7) is 0. The van der Waals surface area contributed by atoms with Crippen LogP contribution in [-0.4, -0.2) is 5.96 Å². The smallest absolute Gasteiger partial charge is 0.230 e. The third kappa shape index (κ3) is 2.38. The Morgan fingerprint density at radius 1 is 1.71 bits per heavy atom. The highest BCUT2D eigenvalue weighted by molar-refractivity contribution is 5.77. The molecule has 0 heterocycles. The van der Waals surface area contributed by atoms with E-state index in [1.54, 1.807) is 0 Å². The molecule has 0 aliphatic heterocycles. The molecule has 0 saturated carbocycles. The van der Waals surface area contributed by atoms with Gasteiger partial charge in [0.05, 0.1) is 0 Å². The molecule has 36 valence electrons. The third-order valence-corrected chi connectivity index (χ3v) is 0.245. The quantitative estimate of drug-likeness (QED) is 0.149. The number of hydrogen-bond donors (Lipinski definition) is 2. The van der Waals surface area contributed by atoms with Crippen LogP contribution in [0.15, 0.2) is 10.2 Å². The van der Waals surface area contributed by atoms with Crippen LogP contribution >= 0.6 is 0 Å². The standard InChI is InChI=1S/CH2N6/c2-1(5-3)6-7-4/h2-3H. The van der Waals surface area contributed by atoms with E-state index >= 15 is 0 Å². The van der Waals surface area contributed by atoms with E-state index in [1.165, 1.54) is 0 Å². The second-order valence-electron chi connectivity index (χ2n) is 0.625. The maximum atomic E-state index is 7.54.